The van der Waals surface area contributed by atoms with Crippen LogP contribution in [0.1, 0.15) is 25.0 Å². The van der Waals surface area contributed by atoms with Gasteiger partial charge < -0.3 is 9.63 Å². The Morgan fingerprint density at radius 1 is 1.60 bits per heavy atom. The summed E-state index contributed by atoms with van der Waals surface area (Å²) in [6, 6.07) is 3.52. The molecule has 1 aromatic heterocycles. The van der Waals surface area contributed by atoms with E-state index in [9.17, 15) is 9.67 Å². The predicted octanol–water partition coefficient (Wildman–Crippen LogP) is 3.01. The van der Waals surface area contributed by atoms with Crippen LogP contribution in [0.2, 0.25) is 0 Å². The van der Waals surface area contributed by atoms with Gasteiger partial charge in [0.15, 0.2) is 6.29 Å². The molecule has 0 aliphatic heterocycles. The lowest BCUT2D eigenvalue weighted by Gasteiger charge is -2.19. The highest BCUT2D eigenvalue weighted by Gasteiger charge is 2.26. The van der Waals surface area contributed by atoms with Crippen molar-refractivity contribution >= 4 is 18.9 Å². The number of hydrogen-bond acceptors (Lipinski definition) is 5. The minimum atomic E-state index is -3.14. The molecule has 1 aromatic rings. The maximum atomic E-state index is 11.9. The zero-order valence-corrected chi connectivity index (χ0v) is 10.5. The first-order valence-electron chi connectivity index (χ1n) is 4.74. The fourth-order valence-corrected chi connectivity index (χ4v) is 2.94. The average Bonchev–Trinajstić information content (AvgIpc) is 2.71. The van der Waals surface area contributed by atoms with Gasteiger partial charge in [0.1, 0.15) is 0 Å². The second kappa shape index (κ2) is 5.77. The Hall–Kier alpha value is -0.190. The Bertz CT molecular complexity index is 325. The molecule has 4 nitrogen and oxygen atoms in total. The lowest BCUT2D eigenvalue weighted by atomic mass is 10.5. The lowest BCUT2D eigenvalue weighted by Crippen LogP contribution is -2.03. The van der Waals surface area contributed by atoms with E-state index in [4.69, 9.17) is 9.05 Å². The molecule has 86 valence electrons. The van der Waals surface area contributed by atoms with Crippen LogP contribution in [0.3, 0.4) is 0 Å². The van der Waals surface area contributed by atoms with E-state index in [-0.39, 0.29) is 6.16 Å². The first-order chi connectivity index (χ1) is 7.11. The van der Waals surface area contributed by atoms with Crippen molar-refractivity contribution in [3.63, 3.8) is 0 Å². The molecule has 2 atom stereocenters. The van der Waals surface area contributed by atoms with Gasteiger partial charge in [-0.05, 0) is 18.4 Å². The van der Waals surface area contributed by atoms with Crippen molar-refractivity contribution in [3.8, 4) is 0 Å². The van der Waals surface area contributed by atoms with E-state index >= 15 is 0 Å². The molecule has 0 aliphatic rings. The van der Waals surface area contributed by atoms with Gasteiger partial charge in [-0.3, -0.25) is 9.09 Å². The maximum Gasteiger partial charge on any atom is 0.333 e. The maximum absolute atomic E-state index is 11.9. The standard InChI is InChI=1S/C9H15O4PS/c1-3-12-14(11,4-2)13-9(10)8-6-5-7-15-8/h5-7,9-10H,3-4H2,1-2H3/t9-,14+/m0/s1. The van der Waals surface area contributed by atoms with Crippen LogP contribution in [-0.4, -0.2) is 17.9 Å². The Balaban J connectivity index is 2.63. The molecule has 0 amide bonds. The highest BCUT2D eigenvalue weighted by molar-refractivity contribution is 7.53. The molecule has 0 spiro atoms. The molecular formula is C9H15O4PS. The minimum absolute atomic E-state index is 0.253. The van der Waals surface area contributed by atoms with Crippen molar-refractivity contribution in [1.29, 1.82) is 0 Å². The summed E-state index contributed by atoms with van der Waals surface area (Å²) in [7, 11) is -3.14. The van der Waals surface area contributed by atoms with Gasteiger partial charge in [-0.15, -0.1) is 11.3 Å². The second-order valence-electron chi connectivity index (χ2n) is 2.82. The van der Waals surface area contributed by atoms with Gasteiger partial charge in [0.05, 0.1) is 11.5 Å². The summed E-state index contributed by atoms with van der Waals surface area (Å²) in [6.07, 6.45) is -0.911. The summed E-state index contributed by atoms with van der Waals surface area (Å²) in [6.45, 7) is 3.75. The van der Waals surface area contributed by atoms with Crippen LogP contribution >= 0.6 is 18.9 Å². The Morgan fingerprint density at radius 2 is 2.33 bits per heavy atom. The van der Waals surface area contributed by atoms with E-state index in [1.54, 1.807) is 26.0 Å². The third-order valence-electron chi connectivity index (χ3n) is 1.76. The summed E-state index contributed by atoms with van der Waals surface area (Å²) >= 11 is 1.35. The van der Waals surface area contributed by atoms with Crippen LogP contribution in [-0.2, 0) is 13.6 Å². The molecule has 0 aliphatic carbocycles. The van der Waals surface area contributed by atoms with Crippen LogP contribution in [0.4, 0.5) is 0 Å². The van der Waals surface area contributed by atoms with Crippen molar-refractivity contribution in [1.82, 2.24) is 0 Å². The zero-order chi connectivity index (χ0) is 11.3. The van der Waals surface area contributed by atoms with Gasteiger partial charge in [-0.25, -0.2) is 0 Å². The molecule has 1 rings (SSSR count). The number of aliphatic hydroxyl groups excluding tert-OH is 1. The topological polar surface area (TPSA) is 55.8 Å². The van der Waals surface area contributed by atoms with E-state index in [0.717, 1.165) is 0 Å². The summed E-state index contributed by atoms with van der Waals surface area (Å²) < 4.78 is 22.0. The highest BCUT2D eigenvalue weighted by atomic mass is 32.1. The van der Waals surface area contributed by atoms with Crippen molar-refractivity contribution < 1.29 is 18.7 Å². The normalized spacial score (nSPS) is 17.3. The van der Waals surface area contributed by atoms with Crippen LogP contribution in [0.15, 0.2) is 17.5 Å². The van der Waals surface area contributed by atoms with E-state index in [1.165, 1.54) is 11.3 Å². The summed E-state index contributed by atoms with van der Waals surface area (Å²) in [4.78, 5) is 0.628. The van der Waals surface area contributed by atoms with Crippen LogP contribution in [0.25, 0.3) is 0 Å². The summed E-state index contributed by atoms with van der Waals surface area (Å²) in [5.74, 6) is 0. The zero-order valence-electron chi connectivity index (χ0n) is 8.75. The first kappa shape index (κ1) is 12.9. The number of aliphatic hydroxyl groups is 1. The molecule has 1 heterocycles. The second-order valence-corrected chi connectivity index (χ2v) is 6.12. The molecule has 0 saturated carbocycles. The Kier molecular flexibility index (Phi) is 4.96. The van der Waals surface area contributed by atoms with Gasteiger partial charge in [0, 0.05) is 6.16 Å². The smallest absolute Gasteiger partial charge is 0.333 e. The van der Waals surface area contributed by atoms with Crippen LogP contribution < -0.4 is 0 Å². The quantitative estimate of drug-likeness (QED) is 0.623. The molecule has 15 heavy (non-hydrogen) atoms. The van der Waals surface area contributed by atoms with E-state index in [1.807, 2.05) is 5.38 Å². The summed E-state index contributed by atoms with van der Waals surface area (Å²) in [5.41, 5.74) is 0. The third-order valence-corrected chi connectivity index (χ3v) is 4.61. The largest absolute Gasteiger partial charge is 0.363 e. The van der Waals surface area contributed by atoms with E-state index < -0.39 is 13.9 Å². The lowest BCUT2D eigenvalue weighted by molar-refractivity contribution is -0.0275. The van der Waals surface area contributed by atoms with E-state index in [0.29, 0.717) is 11.5 Å². The highest BCUT2D eigenvalue weighted by Crippen LogP contribution is 2.51. The third kappa shape index (κ3) is 3.70. The van der Waals surface area contributed by atoms with Crippen LogP contribution in [0.5, 0.6) is 0 Å². The van der Waals surface area contributed by atoms with Crippen molar-refractivity contribution in [2.45, 2.75) is 20.1 Å². The van der Waals surface area contributed by atoms with Gasteiger partial charge in [-0.2, -0.15) is 0 Å². The molecule has 0 fully saturated rings. The Morgan fingerprint density at radius 3 is 2.80 bits per heavy atom. The molecule has 1 N–H and O–H groups in total. The van der Waals surface area contributed by atoms with Gasteiger partial charge >= 0.3 is 7.60 Å². The monoisotopic (exact) mass is 250 g/mol. The van der Waals surface area contributed by atoms with Gasteiger partial charge in [0.25, 0.3) is 0 Å². The predicted molar refractivity (Wildman–Crippen MR) is 60.1 cm³/mol. The van der Waals surface area contributed by atoms with E-state index in [2.05, 4.69) is 0 Å². The molecule has 0 aromatic carbocycles. The van der Waals surface area contributed by atoms with Gasteiger partial charge in [-0.1, -0.05) is 13.0 Å². The van der Waals surface area contributed by atoms with Crippen molar-refractivity contribution in [3.05, 3.63) is 22.4 Å². The molecule has 0 unspecified atom stereocenters. The number of thiophene rings is 1. The molecule has 0 saturated heterocycles. The SMILES string of the molecule is CCO[P@](=O)(CC)O[C@H](O)c1cccs1. The molecule has 6 heteroatoms. The first-order valence-corrected chi connectivity index (χ1v) is 7.35. The molecular weight excluding hydrogens is 235 g/mol. The molecule has 0 radical (unpaired) electrons. The Labute approximate surface area is 93.4 Å². The van der Waals surface area contributed by atoms with Crippen LogP contribution in [0, 0.1) is 0 Å². The van der Waals surface area contributed by atoms with Crippen molar-refractivity contribution in [2.75, 3.05) is 12.8 Å². The van der Waals surface area contributed by atoms with Gasteiger partial charge in [0.2, 0.25) is 0 Å². The minimum Gasteiger partial charge on any atom is -0.363 e. The van der Waals surface area contributed by atoms with Crippen molar-refractivity contribution in [2.24, 2.45) is 0 Å². The fraction of sp³-hybridized carbons (Fsp3) is 0.556. The summed E-state index contributed by atoms with van der Waals surface area (Å²) in [5, 5.41) is 11.5. The molecule has 0 bridgehead atoms. The number of rotatable bonds is 6. The average molecular weight is 250 g/mol. The number of hydrogen-bond donors (Lipinski definition) is 1. The fourth-order valence-electron chi connectivity index (χ4n) is 1.03.